The highest BCUT2D eigenvalue weighted by Gasteiger charge is 2.55. The van der Waals surface area contributed by atoms with Crippen molar-refractivity contribution in [3.05, 3.63) is 46.9 Å². The van der Waals surface area contributed by atoms with Crippen LogP contribution in [0.15, 0.2) is 51.5 Å². The number of aromatic nitrogens is 5. The fraction of sp³-hybridized carbons (Fsp3) is 0.273. The van der Waals surface area contributed by atoms with Crippen LogP contribution < -0.4 is 11.1 Å². The number of anilines is 1. The Bertz CT molecular complexity index is 1490. The lowest BCUT2D eigenvalue weighted by Crippen LogP contribution is -2.71. The number of β-lactam (4-membered cyclic amide) rings is 1. The molecule has 0 radical (unpaired) electrons. The van der Waals surface area contributed by atoms with E-state index in [-0.39, 0.29) is 27.5 Å². The van der Waals surface area contributed by atoms with Crippen molar-refractivity contribution in [1.82, 2.24) is 35.4 Å². The normalized spacial score (nSPS) is 19.8. The molecule has 0 saturated carbocycles. The number of rotatable bonds is 9. The van der Waals surface area contributed by atoms with Crippen molar-refractivity contribution in [2.75, 3.05) is 18.6 Å². The molecule has 3 aromatic heterocycles. The van der Waals surface area contributed by atoms with Crippen LogP contribution in [0.2, 0.25) is 0 Å². The van der Waals surface area contributed by atoms with Crippen LogP contribution >= 0.6 is 34.9 Å². The maximum atomic E-state index is 13.1. The predicted molar refractivity (Wildman–Crippen MR) is 145 cm³/mol. The molecule has 0 aromatic carbocycles. The van der Waals surface area contributed by atoms with Gasteiger partial charge in [-0.1, -0.05) is 16.9 Å². The van der Waals surface area contributed by atoms with Crippen LogP contribution in [0.4, 0.5) is 5.13 Å². The molecule has 17 heteroatoms. The van der Waals surface area contributed by atoms with Crippen LogP contribution in [0.5, 0.6) is 0 Å². The Morgan fingerprint density at radius 2 is 2.13 bits per heavy atom. The Labute approximate surface area is 233 Å². The number of carboxylic acid groups (broad SMARTS) is 1. The van der Waals surface area contributed by atoms with E-state index in [0.29, 0.717) is 22.3 Å². The van der Waals surface area contributed by atoms with Gasteiger partial charge in [0.15, 0.2) is 16.7 Å². The molecule has 5 N–H and O–H groups in total. The van der Waals surface area contributed by atoms with E-state index in [9.17, 15) is 19.5 Å². The van der Waals surface area contributed by atoms with Gasteiger partial charge in [0.1, 0.15) is 29.9 Å². The summed E-state index contributed by atoms with van der Waals surface area (Å²) in [4.78, 5) is 56.8. The zero-order chi connectivity index (χ0) is 27.7. The number of carbonyl (C=O) groups excluding carboxylic acids is 2. The molecule has 1 fully saturated rings. The molecule has 0 spiro atoms. The molecule has 0 bridgehead atoms. The molecule has 1 saturated heterocycles. The van der Waals surface area contributed by atoms with Gasteiger partial charge in [-0.05, 0) is 24.6 Å². The SMILES string of the molecule is CON=C(C(=O)N[C@@H]1C(=O)N2C(C(=O)O)=C(C(C)Sc3n[nH]c(-c4ccncc4)n3)CS[C@@H]12)c1csc(N)n1. The number of hydrogen-bond acceptors (Lipinski definition) is 13. The number of thiazole rings is 1. The summed E-state index contributed by atoms with van der Waals surface area (Å²) < 4.78 is 0. The molecule has 0 aliphatic carbocycles. The van der Waals surface area contributed by atoms with E-state index < -0.39 is 29.2 Å². The monoisotopic (exact) mass is 587 g/mol. The van der Waals surface area contributed by atoms with Gasteiger partial charge in [0.25, 0.3) is 11.8 Å². The number of nitrogens with one attached hydrogen (secondary N) is 2. The third-order valence-electron chi connectivity index (χ3n) is 5.84. The molecule has 2 aliphatic rings. The summed E-state index contributed by atoms with van der Waals surface area (Å²) in [6.45, 7) is 1.84. The van der Waals surface area contributed by atoms with Crippen molar-refractivity contribution in [2.24, 2.45) is 5.16 Å². The molecule has 5 heterocycles. The van der Waals surface area contributed by atoms with Gasteiger partial charge in [-0.3, -0.25) is 24.6 Å². The number of carbonyl (C=O) groups is 3. The molecule has 1 unspecified atom stereocenters. The van der Waals surface area contributed by atoms with E-state index in [1.54, 1.807) is 29.9 Å². The summed E-state index contributed by atoms with van der Waals surface area (Å²) in [5.74, 6) is -1.57. The molecule has 3 aromatic rings. The molecule has 14 nitrogen and oxygen atoms in total. The predicted octanol–water partition coefficient (Wildman–Crippen LogP) is 1.18. The number of oxime groups is 1. The quantitative estimate of drug-likeness (QED) is 0.121. The third kappa shape index (κ3) is 5.19. The molecule has 2 aliphatic heterocycles. The lowest BCUT2D eigenvalue weighted by Gasteiger charge is -2.49. The van der Waals surface area contributed by atoms with Gasteiger partial charge < -0.3 is 21.0 Å². The Hall–Kier alpha value is -3.96. The van der Waals surface area contributed by atoms with Crippen LogP contribution in [0.1, 0.15) is 12.6 Å². The fourth-order valence-electron chi connectivity index (χ4n) is 4.02. The number of thioether (sulfide) groups is 2. The van der Waals surface area contributed by atoms with Crippen molar-refractivity contribution < 1.29 is 24.3 Å². The summed E-state index contributed by atoms with van der Waals surface area (Å²) in [6.07, 6.45) is 3.29. The Morgan fingerprint density at radius 1 is 1.36 bits per heavy atom. The van der Waals surface area contributed by atoms with E-state index in [0.717, 1.165) is 16.9 Å². The number of pyridine rings is 1. The number of carboxylic acids is 1. The first-order chi connectivity index (χ1) is 18.8. The minimum absolute atomic E-state index is 0.0998. The summed E-state index contributed by atoms with van der Waals surface area (Å²) in [5.41, 5.74) is 6.99. The van der Waals surface area contributed by atoms with Crippen LogP contribution in [0.3, 0.4) is 0 Å². The van der Waals surface area contributed by atoms with Crippen molar-refractivity contribution in [2.45, 2.75) is 28.7 Å². The Morgan fingerprint density at radius 3 is 2.79 bits per heavy atom. The maximum Gasteiger partial charge on any atom is 0.352 e. The van der Waals surface area contributed by atoms with Gasteiger partial charge in [-0.15, -0.1) is 28.2 Å². The molecule has 2 amide bonds. The zero-order valence-electron chi connectivity index (χ0n) is 20.4. The Balaban J connectivity index is 1.31. The number of amides is 2. The largest absolute Gasteiger partial charge is 0.477 e. The average molecular weight is 588 g/mol. The Kier molecular flexibility index (Phi) is 7.53. The zero-order valence-corrected chi connectivity index (χ0v) is 22.8. The van der Waals surface area contributed by atoms with Gasteiger partial charge in [0, 0.05) is 34.3 Å². The van der Waals surface area contributed by atoms with E-state index in [2.05, 4.69) is 35.6 Å². The number of nitrogens with zero attached hydrogens (tertiary/aromatic N) is 6. The van der Waals surface area contributed by atoms with Crippen molar-refractivity contribution in [3.8, 4) is 11.4 Å². The maximum absolute atomic E-state index is 13.1. The molecule has 39 heavy (non-hydrogen) atoms. The van der Waals surface area contributed by atoms with Gasteiger partial charge >= 0.3 is 5.97 Å². The van der Waals surface area contributed by atoms with Crippen LogP contribution in [0, 0.1) is 0 Å². The highest BCUT2D eigenvalue weighted by Crippen LogP contribution is 2.43. The summed E-state index contributed by atoms with van der Waals surface area (Å²) in [7, 11) is 1.28. The van der Waals surface area contributed by atoms with Crippen LogP contribution in [-0.2, 0) is 19.2 Å². The van der Waals surface area contributed by atoms with Crippen molar-refractivity contribution in [1.29, 1.82) is 0 Å². The first-order valence-electron chi connectivity index (χ1n) is 11.3. The molecule has 202 valence electrons. The standard InChI is InChI=1S/C22H21N9O5S3/c1-9(39-22-27-16(28-29-22)10-3-5-24-6-4-10)11-7-37-19-14(18(33)31(19)15(11)20(34)35)26-17(32)13(30-36-2)12-8-38-21(23)25-12/h3-6,8-9,14,19H,7H2,1-2H3,(H2,23,25)(H,26,32)(H,34,35)(H,27,28,29)/t9?,14-,19+/m1/s1. The molecule has 3 atom stereocenters. The lowest BCUT2D eigenvalue weighted by molar-refractivity contribution is -0.150. The van der Waals surface area contributed by atoms with Crippen molar-refractivity contribution >= 4 is 63.5 Å². The van der Waals surface area contributed by atoms with E-state index in [1.165, 1.54) is 35.5 Å². The lowest BCUT2D eigenvalue weighted by atomic mass is 10.0. The number of H-pyrrole nitrogens is 1. The molecular formula is C22H21N9O5S3. The number of fused-ring (bicyclic) bond motifs is 1. The van der Waals surface area contributed by atoms with Gasteiger partial charge in [-0.2, -0.15) is 0 Å². The highest BCUT2D eigenvalue weighted by molar-refractivity contribution is 8.01. The summed E-state index contributed by atoms with van der Waals surface area (Å²) in [6, 6.07) is 2.64. The van der Waals surface area contributed by atoms with E-state index in [1.807, 2.05) is 6.92 Å². The second-order valence-electron chi connectivity index (χ2n) is 8.20. The van der Waals surface area contributed by atoms with Gasteiger partial charge in [0.2, 0.25) is 5.16 Å². The average Bonchev–Trinajstić information content (AvgIpc) is 3.58. The van der Waals surface area contributed by atoms with Crippen molar-refractivity contribution in [3.63, 3.8) is 0 Å². The second-order valence-corrected chi connectivity index (χ2v) is 11.5. The fourth-order valence-corrected chi connectivity index (χ4v) is 7.04. The first kappa shape index (κ1) is 26.6. The van der Waals surface area contributed by atoms with Gasteiger partial charge in [-0.25, -0.2) is 14.8 Å². The number of aliphatic carboxylic acids is 1. The van der Waals surface area contributed by atoms with Crippen LogP contribution in [-0.4, -0.2) is 88.2 Å². The number of hydrogen-bond donors (Lipinski definition) is 4. The first-order valence-corrected chi connectivity index (χ1v) is 14.1. The summed E-state index contributed by atoms with van der Waals surface area (Å²) in [5, 5.41) is 24.8. The highest BCUT2D eigenvalue weighted by atomic mass is 32.2. The topological polar surface area (TPSA) is 202 Å². The summed E-state index contributed by atoms with van der Waals surface area (Å²) >= 11 is 3.76. The van der Waals surface area contributed by atoms with Crippen LogP contribution in [0.25, 0.3) is 11.4 Å². The minimum atomic E-state index is -1.23. The molecular weight excluding hydrogens is 567 g/mol. The minimum Gasteiger partial charge on any atom is -0.477 e. The van der Waals surface area contributed by atoms with E-state index >= 15 is 0 Å². The second kappa shape index (κ2) is 11.0. The number of aromatic amines is 1. The van der Waals surface area contributed by atoms with E-state index in [4.69, 9.17) is 10.6 Å². The van der Waals surface area contributed by atoms with Gasteiger partial charge in [0.05, 0.1) is 0 Å². The number of nitrogens with two attached hydrogens (primary N) is 1. The molecule has 5 rings (SSSR count). The number of nitrogen functional groups attached to an aromatic ring is 1. The third-order valence-corrected chi connectivity index (χ3v) is 8.85. The smallest absolute Gasteiger partial charge is 0.352 e.